The van der Waals surface area contributed by atoms with Gasteiger partial charge >= 0.3 is 0 Å². The average molecular weight is 246 g/mol. The van der Waals surface area contributed by atoms with Gasteiger partial charge in [0, 0.05) is 6.54 Å². The molecule has 1 aliphatic heterocycles. The van der Waals surface area contributed by atoms with E-state index in [0.717, 1.165) is 17.9 Å². The predicted molar refractivity (Wildman–Crippen MR) is 69.7 cm³/mol. The number of hydrogen-bond donors (Lipinski definition) is 1. The number of benzene rings is 1. The first-order valence-electron chi connectivity index (χ1n) is 6.13. The second kappa shape index (κ2) is 5.28. The Bertz CT molecular complexity index is 461. The van der Waals surface area contributed by atoms with Gasteiger partial charge in [0.05, 0.1) is 32.1 Å². The van der Waals surface area contributed by atoms with Gasteiger partial charge in [-0.15, -0.1) is 0 Å². The van der Waals surface area contributed by atoms with Crippen LogP contribution in [0.25, 0.3) is 0 Å². The van der Waals surface area contributed by atoms with Crippen molar-refractivity contribution in [1.82, 2.24) is 0 Å². The van der Waals surface area contributed by atoms with Crippen LogP contribution in [0.15, 0.2) is 18.2 Å². The Morgan fingerprint density at radius 2 is 2.28 bits per heavy atom. The van der Waals surface area contributed by atoms with Gasteiger partial charge in [0.1, 0.15) is 11.2 Å². The maximum absolute atomic E-state index is 9.14. The standard InChI is InChI=1S/C14H18N2O2/c1-3-11-4-5-13(17-2)12(6-11)16-8-14(7-15)9-18-10-14/h4-6,16H,3,8-10H2,1-2H3. The van der Waals surface area contributed by atoms with Crippen molar-refractivity contribution in [1.29, 1.82) is 5.26 Å². The quantitative estimate of drug-likeness (QED) is 0.865. The molecule has 1 heterocycles. The number of hydrogen-bond acceptors (Lipinski definition) is 4. The third kappa shape index (κ3) is 2.41. The van der Waals surface area contributed by atoms with E-state index in [4.69, 9.17) is 14.7 Å². The molecule has 0 aliphatic carbocycles. The second-order valence-corrected chi connectivity index (χ2v) is 4.63. The van der Waals surface area contributed by atoms with Crippen LogP contribution in [-0.2, 0) is 11.2 Å². The van der Waals surface area contributed by atoms with Crippen LogP contribution in [0, 0.1) is 16.7 Å². The van der Waals surface area contributed by atoms with Crippen LogP contribution in [0.5, 0.6) is 5.75 Å². The summed E-state index contributed by atoms with van der Waals surface area (Å²) in [4.78, 5) is 0. The predicted octanol–water partition coefficient (Wildman–Crippen LogP) is 2.21. The summed E-state index contributed by atoms with van der Waals surface area (Å²) < 4.78 is 10.4. The van der Waals surface area contributed by atoms with Crippen molar-refractivity contribution in [2.45, 2.75) is 13.3 Å². The first kappa shape index (κ1) is 12.7. The molecule has 0 amide bonds. The molecule has 0 unspecified atom stereocenters. The van der Waals surface area contributed by atoms with Crippen molar-refractivity contribution in [2.75, 3.05) is 32.2 Å². The van der Waals surface area contributed by atoms with Crippen LogP contribution in [-0.4, -0.2) is 26.9 Å². The highest BCUT2D eigenvalue weighted by Gasteiger charge is 2.38. The average Bonchev–Trinajstić information content (AvgIpc) is 2.37. The largest absolute Gasteiger partial charge is 0.495 e. The molecular formula is C14H18N2O2. The molecule has 1 saturated heterocycles. The normalized spacial score (nSPS) is 16.5. The van der Waals surface area contributed by atoms with Crippen molar-refractivity contribution in [3.8, 4) is 11.8 Å². The van der Waals surface area contributed by atoms with E-state index in [1.54, 1.807) is 7.11 Å². The highest BCUT2D eigenvalue weighted by atomic mass is 16.5. The molecule has 18 heavy (non-hydrogen) atoms. The van der Waals surface area contributed by atoms with Crippen LogP contribution in [0.1, 0.15) is 12.5 Å². The summed E-state index contributed by atoms with van der Waals surface area (Å²) in [6.07, 6.45) is 0.977. The summed E-state index contributed by atoms with van der Waals surface area (Å²) in [5, 5.41) is 12.4. The molecule has 1 aliphatic rings. The molecule has 96 valence electrons. The van der Waals surface area contributed by atoms with Gasteiger partial charge in [-0.1, -0.05) is 13.0 Å². The van der Waals surface area contributed by atoms with Crippen LogP contribution in [0.2, 0.25) is 0 Å². The van der Waals surface area contributed by atoms with E-state index in [0.29, 0.717) is 19.8 Å². The number of rotatable bonds is 5. The van der Waals surface area contributed by atoms with Gasteiger partial charge in [-0.3, -0.25) is 0 Å². The molecule has 2 rings (SSSR count). The third-order valence-corrected chi connectivity index (χ3v) is 3.28. The zero-order valence-corrected chi connectivity index (χ0v) is 10.8. The van der Waals surface area contributed by atoms with Gasteiger partial charge in [0.25, 0.3) is 0 Å². The number of aryl methyl sites for hydroxylation is 1. The number of anilines is 1. The van der Waals surface area contributed by atoms with E-state index in [1.165, 1.54) is 5.56 Å². The van der Waals surface area contributed by atoms with E-state index < -0.39 is 0 Å². The molecule has 0 atom stereocenters. The van der Waals surface area contributed by atoms with Gasteiger partial charge in [-0.05, 0) is 24.1 Å². The summed E-state index contributed by atoms with van der Waals surface area (Å²) in [5.41, 5.74) is 1.81. The zero-order valence-electron chi connectivity index (χ0n) is 10.8. The molecule has 1 fully saturated rings. The summed E-state index contributed by atoms with van der Waals surface area (Å²) in [5.74, 6) is 0.806. The van der Waals surface area contributed by atoms with Gasteiger partial charge < -0.3 is 14.8 Å². The fourth-order valence-corrected chi connectivity index (χ4v) is 1.93. The molecule has 1 aromatic carbocycles. The topological polar surface area (TPSA) is 54.3 Å². The van der Waals surface area contributed by atoms with Crippen molar-refractivity contribution in [2.24, 2.45) is 5.41 Å². The minimum Gasteiger partial charge on any atom is -0.495 e. The Hall–Kier alpha value is -1.73. The van der Waals surface area contributed by atoms with Crippen LogP contribution < -0.4 is 10.1 Å². The minimum absolute atomic E-state index is 0.382. The Labute approximate surface area is 108 Å². The molecule has 0 radical (unpaired) electrons. The van der Waals surface area contributed by atoms with Crippen LogP contribution >= 0.6 is 0 Å². The van der Waals surface area contributed by atoms with E-state index in [-0.39, 0.29) is 5.41 Å². The zero-order chi connectivity index (χ0) is 13.0. The van der Waals surface area contributed by atoms with Crippen LogP contribution in [0.4, 0.5) is 5.69 Å². The highest BCUT2D eigenvalue weighted by molar-refractivity contribution is 5.58. The minimum atomic E-state index is -0.382. The molecule has 1 aromatic rings. The lowest BCUT2D eigenvalue weighted by molar-refractivity contribution is -0.0690. The third-order valence-electron chi connectivity index (χ3n) is 3.28. The maximum atomic E-state index is 9.14. The van der Waals surface area contributed by atoms with Crippen molar-refractivity contribution in [3.05, 3.63) is 23.8 Å². The molecule has 4 nitrogen and oxygen atoms in total. The molecule has 0 bridgehead atoms. The van der Waals surface area contributed by atoms with Crippen LogP contribution in [0.3, 0.4) is 0 Å². The number of methoxy groups -OCH3 is 1. The Kier molecular flexibility index (Phi) is 3.73. The molecule has 1 N–H and O–H groups in total. The van der Waals surface area contributed by atoms with Gasteiger partial charge in [-0.25, -0.2) is 0 Å². The van der Waals surface area contributed by atoms with E-state index in [1.807, 2.05) is 6.07 Å². The Morgan fingerprint density at radius 3 is 2.78 bits per heavy atom. The summed E-state index contributed by atoms with van der Waals surface area (Å²) in [6.45, 7) is 3.72. The lowest BCUT2D eigenvalue weighted by Crippen LogP contribution is -2.46. The second-order valence-electron chi connectivity index (χ2n) is 4.63. The fourth-order valence-electron chi connectivity index (χ4n) is 1.93. The molecule has 0 spiro atoms. The number of nitrogens with zero attached hydrogens (tertiary/aromatic N) is 1. The van der Waals surface area contributed by atoms with E-state index >= 15 is 0 Å². The number of ether oxygens (including phenoxy) is 2. The van der Waals surface area contributed by atoms with Gasteiger partial charge in [-0.2, -0.15) is 5.26 Å². The lowest BCUT2D eigenvalue weighted by Gasteiger charge is -2.35. The van der Waals surface area contributed by atoms with Gasteiger partial charge in [0.2, 0.25) is 0 Å². The lowest BCUT2D eigenvalue weighted by atomic mass is 9.88. The van der Waals surface area contributed by atoms with Crippen molar-refractivity contribution < 1.29 is 9.47 Å². The van der Waals surface area contributed by atoms with E-state index in [9.17, 15) is 0 Å². The van der Waals surface area contributed by atoms with Crippen molar-refractivity contribution in [3.63, 3.8) is 0 Å². The summed E-state index contributed by atoms with van der Waals surface area (Å²) >= 11 is 0. The fraction of sp³-hybridized carbons (Fsp3) is 0.500. The summed E-state index contributed by atoms with van der Waals surface area (Å²) in [7, 11) is 1.65. The molecule has 4 heteroatoms. The van der Waals surface area contributed by atoms with Crippen molar-refractivity contribution >= 4 is 5.69 Å². The monoisotopic (exact) mass is 246 g/mol. The highest BCUT2D eigenvalue weighted by Crippen LogP contribution is 2.30. The maximum Gasteiger partial charge on any atom is 0.141 e. The SMILES string of the molecule is CCc1ccc(OC)c(NCC2(C#N)COC2)c1. The Balaban J connectivity index is 2.10. The van der Waals surface area contributed by atoms with E-state index in [2.05, 4.69) is 30.4 Å². The smallest absolute Gasteiger partial charge is 0.141 e. The first-order chi connectivity index (χ1) is 8.73. The Morgan fingerprint density at radius 1 is 1.50 bits per heavy atom. The molecule has 0 saturated carbocycles. The number of nitriles is 1. The molecular weight excluding hydrogens is 228 g/mol. The number of nitrogens with one attached hydrogen (secondary N) is 1. The first-order valence-corrected chi connectivity index (χ1v) is 6.13. The molecule has 0 aromatic heterocycles. The summed E-state index contributed by atoms with van der Waals surface area (Å²) in [6, 6.07) is 8.40. The van der Waals surface area contributed by atoms with Gasteiger partial charge in [0.15, 0.2) is 0 Å².